The Hall–Kier alpha value is -1.31. The average Bonchev–Trinajstić information content (AvgIpc) is 2.36. The molecule has 0 spiro atoms. The van der Waals surface area contributed by atoms with Crippen LogP contribution >= 0.6 is 11.6 Å². The normalized spacial score (nSPS) is 12.8. The van der Waals surface area contributed by atoms with E-state index in [2.05, 4.69) is 9.46 Å². The molecule has 0 saturated carbocycles. The van der Waals surface area contributed by atoms with E-state index in [1.165, 1.54) is 39.3 Å². The molecule has 0 heterocycles. The van der Waals surface area contributed by atoms with Gasteiger partial charge in [0.05, 0.1) is 14.2 Å². The lowest BCUT2D eigenvalue weighted by molar-refractivity contribution is -0.142. The molecule has 1 rings (SSSR count). The molecule has 6 nitrogen and oxygen atoms in total. The highest BCUT2D eigenvalue weighted by molar-refractivity contribution is 7.89. The van der Waals surface area contributed by atoms with Gasteiger partial charge in [-0.1, -0.05) is 11.6 Å². The Balaban J connectivity index is 3.10. The summed E-state index contributed by atoms with van der Waals surface area (Å²) in [6, 6.07) is 3.09. The molecule has 0 amide bonds. The van der Waals surface area contributed by atoms with Crippen LogP contribution in [0.15, 0.2) is 23.1 Å². The molecular weight excluding hydrogens is 294 g/mol. The van der Waals surface area contributed by atoms with E-state index in [9.17, 15) is 13.2 Å². The molecule has 0 bridgehead atoms. The summed E-state index contributed by atoms with van der Waals surface area (Å²) in [5.41, 5.74) is 0. The summed E-state index contributed by atoms with van der Waals surface area (Å²) in [7, 11) is -1.40. The van der Waals surface area contributed by atoms with Gasteiger partial charge in [0.25, 0.3) is 0 Å². The summed E-state index contributed by atoms with van der Waals surface area (Å²) in [6.07, 6.45) is 0. The smallest absolute Gasteiger partial charge is 0.323 e. The maximum Gasteiger partial charge on any atom is 0.323 e. The minimum atomic E-state index is -3.91. The monoisotopic (exact) mass is 307 g/mol. The predicted molar refractivity (Wildman–Crippen MR) is 69.8 cm³/mol. The number of ether oxygens (including phenoxy) is 2. The van der Waals surface area contributed by atoms with Gasteiger partial charge in [0, 0.05) is 11.1 Å². The molecule has 1 aromatic carbocycles. The highest BCUT2D eigenvalue weighted by atomic mass is 35.5. The highest BCUT2D eigenvalue weighted by Gasteiger charge is 2.25. The molecule has 0 aliphatic carbocycles. The number of carbonyl (C=O) groups is 1. The van der Waals surface area contributed by atoms with Crippen molar-refractivity contribution in [3.63, 3.8) is 0 Å². The Bertz CT molecular complexity index is 572. The van der Waals surface area contributed by atoms with E-state index in [-0.39, 0.29) is 10.6 Å². The van der Waals surface area contributed by atoms with Crippen LogP contribution in [0.1, 0.15) is 6.92 Å². The second-order valence-electron chi connectivity index (χ2n) is 3.66. The van der Waals surface area contributed by atoms with Crippen molar-refractivity contribution in [1.82, 2.24) is 4.72 Å². The van der Waals surface area contributed by atoms with Crippen LogP contribution in [-0.2, 0) is 19.6 Å². The van der Waals surface area contributed by atoms with Crippen LogP contribution in [0.5, 0.6) is 5.75 Å². The summed E-state index contributed by atoms with van der Waals surface area (Å²) in [6.45, 7) is 1.38. The van der Waals surface area contributed by atoms with Gasteiger partial charge in [-0.2, -0.15) is 4.72 Å². The van der Waals surface area contributed by atoms with Gasteiger partial charge in [0.15, 0.2) is 0 Å². The molecule has 19 heavy (non-hydrogen) atoms. The Kier molecular flexibility index (Phi) is 5.16. The number of hydrogen-bond acceptors (Lipinski definition) is 5. The average molecular weight is 308 g/mol. The van der Waals surface area contributed by atoms with Crippen molar-refractivity contribution in [3.05, 3.63) is 23.2 Å². The number of halogens is 1. The maximum atomic E-state index is 12.1. The standard InChI is InChI=1S/C11H14ClNO5S/c1-7(11(14)18-3)13-19(15,16)10-5-4-8(12)6-9(10)17-2/h4-7,13H,1-3H3. The first kappa shape index (κ1) is 15.7. The highest BCUT2D eigenvalue weighted by Crippen LogP contribution is 2.27. The van der Waals surface area contributed by atoms with E-state index in [4.69, 9.17) is 16.3 Å². The van der Waals surface area contributed by atoms with Gasteiger partial charge in [0.1, 0.15) is 16.7 Å². The van der Waals surface area contributed by atoms with E-state index in [1.807, 2.05) is 0 Å². The number of nitrogens with one attached hydrogen (secondary N) is 1. The molecule has 1 N–H and O–H groups in total. The summed E-state index contributed by atoms with van der Waals surface area (Å²) >= 11 is 5.75. The third kappa shape index (κ3) is 3.82. The molecular formula is C11H14ClNO5S. The molecule has 106 valence electrons. The zero-order valence-electron chi connectivity index (χ0n) is 10.6. The molecule has 0 fully saturated rings. The van der Waals surface area contributed by atoms with Gasteiger partial charge < -0.3 is 9.47 Å². The first-order valence-electron chi connectivity index (χ1n) is 5.25. The largest absolute Gasteiger partial charge is 0.495 e. The molecule has 0 aliphatic rings. The van der Waals surface area contributed by atoms with Crippen molar-refractivity contribution in [3.8, 4) is 5.75 Å². The molecule has 0 radical (unpaired) electrons. The fourth-order valence-corrected chi connectivity index (χ4v) is 2.89. The number of rotatable bonds is 5. The topological polar surface area (TPSA) is 81.7 Å². The number of esters is 1. The Labute approximate surface area is 116 Å². The summed E-state index contributed by atoms with van der Waals surface area (Å²) in [5.74, 6) is -0.589. The van der Waals surface area contributed by atoms with E-state index in [0.29, 0.717) is 5.02 Å². The summed E-state index contributed by atoms with van der Waals surface area (Å²) in [5, 5.41) is 0.344. The minimum absolute atomic E-state index is 0.0945. The van der Waals surface area contributed by atoms with Crippen molar-refractivity contribution >= 4 is 27.6 Å². The van der Waals surface area contributed by atoms with Gasteiger partial charge in [-0.25, -0.2) is 8.42 Å². The fourth-order valence-electron chi connectivity index (χ4n) is 1.38. The van der Waals surface area contributed by atoms with Gasteiger partial charge in [-0.15, -0.1) is 0 Å². The lowest BCUT2D eigenvalue weighted by atomic mass is 10.3. The molecule has 0 saturated heterocycles. The van der Waals surface area contributed by atoms with Gasteiger partial charge in [-0.05, 0) is 19.1 Å². The SMILES string of the molecule is COC(=O)C(C)NS(=O)(=O)c1ccc(Cl)cc1OC. The Morgan fingerprint density at radius 2 is 2.00 bits per heavy atom. The quantitative estimate of drug-likeness (QED) is 0.826. The Morgan fingerprint density at radius 1 is 1.37 bits per heavy atom. The van der Waals surface area contributed by atoms with Crippen molar-refractivity contribution in [2.45, 2.75) is 17.9 Å². The minimum Gasteiger partial charge on any atom is -0.495 e. The van der Waals surface area contributed by atoms with Crippen LogP contribution in [-0.4, -0.2) is 34.6 Å². The van der Waals surface area contributed by atoms with Crippen LogP contribution in [0.25, 0.3) is 0 Å². The molecule has 0 aromatic heterocycles. The van der Waals surface area contributed by atoms with Crippen molar-refractivity contribution < 1.29 is 22.7 Å². The van der Waals surface area contributed by atoms with E-state index in [1.54, 1.807) is 0 Å². The number of sulfonamides is 1. The lowest BCUT2D eigenvalue weighted by Crippen LogP contribution is -2.39. The third-order valence-electron chi connectivity index (χ3n) is 2.30. The zero-order chi connectivity index (χ0) is 14.6. The second kappa shape index (κ2) is 6.23. The van der Waals surface area contributed by atoms with E-state index < -0.39 is 22.0 Å². The van der Waals surface area contributed by atoms with Crippen LogP contribution in [0.2, 0.25) is 5.02 Å². The Morgan fingerprint density at radius 3 is 2.53 bits per heavy atom. The molecule has 1 atom stereocenters. The van der Waals surface area contributed by atoms with Gasteiger partial charge in [0.2, 0.25) is 10.0 Å². The number of benzene rings is 1. The van der Waals surface area contributed by atoms with Crippen LogP contribution in [0.4, 0.5) is 0 Å². The van der Waals surface area contributed by atoms with E-state index >= 15 is 0 Å². The third-order valence-corrected chi connectivity index (χ3v) is 4.12. The van der Waals surface area contributed by atoms with Crippen molar-refractivity contribution in [2.75, 3.05) is 14.2 Å². The van der Waals surface area contributed by atoms with Crippen molar-refractivity contribution in [2.24, 2.45) is 0 Å². The van der Waals surface area contributed by atoms with Crippen molar-refractivity contribution in [1.29, 1.82) is 0 Å². The molecule has 1 unspecified atom stereocenters. The van der Waals surface area contributed by atoms with Gasteiger partial charge in [-0.3, -0.25) is 4.79 Å². The second-order valence-corrected chi connectivity index (χ2v) is 5.78. The number of carbonyl (C=O) groups excluding carboxylic acids is 1. The summed E-state index contributed by atoms with van der Waals surface area (Å²) in [4.78, 5) is 11.1. The first-order valence-corrected chi connectivity index (χ1v) is 7.11. The van der Waals surface area contributed by atoms with Gasteiger partial charge >= 0.3 is 5.97 Å². The molecule has 0 aliphatic heterocycles. The number of hydrogen-bond donors (Lipinski definition) is 1. The van der Waals surface area contributed by atoms with Crippen LogP contribution in [0.3, 0.4) is 0 Å². The molecule has 1 aromatic rings. The zero-order valence-corrected chi connectivity index (χ0v) is 12.2. The first-order chi connectivity index (χ1) is 8.81. The van der Waals surface area contributed by atoms with Crippen LogP contribution < -0.4 is 9.46 Å². The van der Waals surface area contributed by atoms with Crippen LogP contribution in [0, 0.1) is 0 Å². The number of methoxy groups -OCH3 is 2. The fraction of sp³-hybridized carbons (Fsp3) is 0.364. The maximum absolute atomic E-state index is 12.1. The lowest BCUT2D eigenvalue weighted by Gasteiger charge is -2.14. The predicted octanol–water partition coefficient (Wildman–Crippen LogP) is 1.19. The van der Waals surface area contributed by atoms with E-state index in [0.717, 1.165) is 0 Å². The molecule has 8 heteroatoms. The summed E-state index contributed by atoms with van der Waals surface area (Å²) < 4.78 is 35.8.